The number of carbonyl (C=O) groups excluding carboxylic acids is 1. The minimum Gasteiger partial charge on any atom is -0.453 e. The van der Waals surface area contributed by atoms with Gasteiger partial charge < -0.3 is 15.4 Å². The zero-order valence-corrected chi connectivity index (χ0v) is 10.9. The molecule has 0 unspecified atom stereocenters. The molecule has 1 fully saturated rings. The highest BCUT2D eigenvalue weighted by molar-refractivity contribution is 5.67. The Balaban J connectivity index is 2.47. The monoisotopic (exact) mass is 257 g/mol. The average Bonchev–Trinajstić information content (AvgIpc) is 2.37. The number of carbonyl (C=O) groups is 1. The number of ether oxygens (including phenoxy) is 1. The Morgan fingerprint density at radius 3 is 2.39 bits per heavy atom. The van der Waals surface area contributed by atoms with E-state index in [1.807, 2.05) is 0 Å². The Labute approximate surface area is 107 Å². The van der Waals surface area contributed by atoms with Gasteiger partial charge in [-0.3, -0.25) is 4.90 Å². The molecule has 0 radical (unpaired) electrons. The van der Waals surface area contributed by atoms with E-state index in [4.69, 9.17) is 5.73 Å². The standard InChI is InChI=1S/C12H20FN3O2/c1-9(11(13)10(2)14)8-15-4-6-16(7-5-15)12(17)18-3/h2,4-8,14H2,1,3H3/b11-9-. The fourth-order valence-electron chi connectivity index (χ4n) is 1.90. The lowest BCUT2D eigenvalue weighted by molar-refractivity contribution is 0.0937. The first-order valence-corrected chi connectivity index (χ1v) is 5.81. The van der Waals surface area contributed by atoms with Crippen LogP contribution < -0.4 is 5.73 Å². The number of rotatable bonds is 3. The summed E-state index contributed by atoms with van der Waals surface area (Å²) in [5.41, 5.74) is 5.83. The number of hydrogen-bond donors (Lipinski definition) is 1. The lowest BCUT2D eigenvalue weighted by atomic mass is 10.2. The summed E-state index contributed by atoms with van der Waals surface area (Å²) in [5, 5.41) is 0. The fourth-order valence-corrected chi connectivity index (χ4v) is 1.90. The molecule has 0 bridgehead atoms. The van der Waals surface area contributed by atoms with Crippen molar-refractivity contribution in [1.82, 2.24) is 9.80 Å². The van der Waals surface area contributed by atoms with Crippen LogP contribution in [0.3, 0.4) is 0 Å². The number of allylic oxidation sites excluding steroid dienone is 1. The number of nitrogens with zero attached hydrogens (tertiary/aromatic N) is 2. The summed E-state index contributed by atoms with van der Waals surface area (Å²) < 4.78 is 18.1. The molecule has 1 aliphatic heterocycles. The van der Waals surface area contributed by atoms with E-state index in [2.05, 4.69) is 16.2 Å². The van der Waals surface area contributed by atoms with Crippen molar-refractivity contribution in [2.75, 3.05) is 39.8 Å². The predicted molar refractivity (Wildman–Crippen MR) is 67.6 cm³/mol. The number of piperazine rings is 1. The van der Waals surface area contributed by atoms with Crippen molar-refractivity contribution in [3.63, 3.8) is 0 Å². The number of halogens is 1. The van der Waals surface area contributed by atoms with E-state index in [1.165, 1.54) is 7.11 Å². The Bertz CT molecular complexity index is 360. The van der Waals surface area contributed by atoms with Crippen LogP contribution in [0.5, 0.6) is 0 Å². The van der Waals surface area contributed by atoms with Crippen LogP contribution in [-0.4, -0.2) is 55.7 Å². The molecule has 1 heterocycles. The quantitative estimate of drug-likeness (QED) is 0.769. The number of hydrogen-bond acceptors (Lipinski definition) is 4. The van der Waals surface area contributed by atoms with Gasteiger partial charge in [-0.1, -0.05) is 6.58 Å². The molecule has 5 nitrogen and oxygen atoms in total. The van der Waals surface area contributed by atoms with Crippen molar-refractivity contribution in [2.45, 2.75) is 6.92 Å². The lowest BCUT2D eigenvalue weighted by Crippen LogP contribution is -2.49. The molecule has 0 atom stereocenters. The summed E-state index contributed by atoms with van der Waals surface area (Å²) in [6, 6.07) is 0. The van der Waals surface area contributed by atoms with Crippen molar-refractivity contribution in [2.24, 2.45) is 5.73 Å². The molecule has 1 amide bonds. The van der Waals surface area contributed by atoms with Crippen LogP contribution >= 0.6 is 0 Å². The van der Waals surface area contributed by atoms with E-state index in [-0.39, 0.29) is 11.8 Å². The van der Waals surface area contributed by atoms with E-state index in [9.17, 15) is 9.18 Å². The maximum absolute atomic E-state index is 13.5. The van der Waals surface area contributed by atoms with Crippen molar-refractivity contribution in [1.29, 1.82) is 0 Å². The van der Waals surface area contributed by atoms with Crippen LogP contribution in [0, 0.1) is 0 Å². The molecule has 0 saturated carbocycles. The Kier molecular flexibility index (Phi) is 5.15. The third-order valence-electron chi connectivity index (χ3n) is 2.92. The molecule has 1 saturated heterocycles. The van der Waals surface area contributed by atoms with Crippen LogP contribution in [0.1, 0.15) is 6.92 Å². The Hall–Kier alpha value is -1.56. The van der Waals surface area contributed by atoms with Crippen LogP contribution in [0.25, 0.3) is 0 Å². The third-order valence-corrected chi connectivity index (χ3v) is 2.92. The van der Waals surface area contributed by atoms with Crippen LogP contribution in [0.4, 0.5) is 9.18 Å². The first-order valence-electron chi connectivity index (χ1n) is 5.81. The van der Waals surface area contributed by atoms with E-state index in [1.54, 1.807) is 11.8 Å². The van der Waals surface area contributed by atoms with Gasteiger partial charge in [0.05, 0.1) is 12.8 Å². The maximum Gasteiger partial charge on any atom is 0.409 e. The maximum atomic E-state index is 13.5. The average molecular weight is 257 g/mol. The molecular formula is C12H20FN3O2. The van der Waals surface area contributed by atoms with Crippen LogP contribution in [-0.2, 0) is 4.74 Å². The smallest absolute Gasteiger partial charge is 0.409 e. The molecule has 0 aromatic heterocycles. The molecular weight excluding hydrogens is 237 g/mol. The summed E-state index contributed by atoms with van der Waals surface area (Å²) in [7, 11) is 1.36. The summed E-state index contributed by atoms with van der Waals surface area (Å²) in [6.45, 7) is 8.12. The minimum absolute atomic E-state index is 0.0410. The first-order chi connectivity index (χ1) is 8.45. The van der Waals surface area contributed by atoms with Gasteiger partial charge in [-0.25, -0.2) is 9.18 Å². The van der Waals surface area contributed by atoms with Gasteiger partial charge in [0.25, 0.3) is 0 Å². The van der Waals surface area contributed by atoms with Gasteiger partial charge >= 0.3 is 6.09 Å². The molecule has 0 aromatic carbocycles. The molecule has 0 aromatic rings. The normalized spacial score (nSPS) is 18.3. The summed E-state index contributed by atoms with van der Waals surface area (Å²) in [6.07, 6.45) is -0.316. The van der Waals surface area contributed by atoms with Gasteiger partial charge in [0, 0.05) is 32.7 Å². The summed E-state index contributed by atoms with van der Waals surface area (Å²) in [4.78, 5) is 15.0. The van der Waals surface area contributed by atoms with Gasteiger partial charge in [-0.2, -0.15) is 0 Å². The molecule has 1 aliphatic rings. The zero-order chi connectivity index (χ0) is 13.7. The fraction of sp³-hybridized carbons (Fsp3) is 0.583. The first kappa shape index (κ1) is 14.5. The molecule has 0 spiro atoms. The molecule has 0 aliphatic carbocycles. The van der Waals surface area contributed by atoms with E-state index in [0.29, 0.717) is 38.3 Å². The zero-order valence-electron chi connectivity index (χ0n) is 10.9. The molecule has 1 rings (SSSR count). The number of nitrogens with two attached hydrogens (primary N) is 1. The van der Waals surface area contributed by atoms with Crippen molar-refractivity contribution < 1.29 is 13.9 Å². The van der Waals surface area contributed by atoms with E-state index < -0.39 is 5.83 Å². The molecule has 18 heavy (non-hydrogen) atoms. The summed E-state index contributed by atoms with van der Waals surface area (Å²) in [5.74, 6) is -0.439. The Morgan fingerprint density at radius 1 is 1.39 bits per heavy atom. The van der Waals surface area contributed by atoms with Crippen molar-refractivity contribution >= 4 is 6.09 Å². The van der Waals surface area contributed by atoms with Gasteiger partial charge in [0.2, 0.25) is 0 Å². The molecule has 102 valence electrons. The Morgan fingerprint density at radius 2 is 1.94 bits per heavy atom. The second-order valence-corrected chi connectivity index (χ2v) is 4.35. The predicted octanol–water partition coefficient (Wildman–Crippen LogP) is 1.09. The van der Waals surface area contributed by atoms with E-state index >= 15 is 0 Å². The van der Waals surface area contributed by atoms with E-state index in [0.717, 1.165) is 0 Å². The third kappa shape index (κ3) is 3.73. The van der Waals surface area contributed by atoms with Crippen LogP contribution in [0.2, 0.25) is 0 Å². The lowest BCUT2D eigenvalue weighted by Gasteiger charge is -2.33. The van der Waals surface area contributed by atoms with Crippen LogP contribution in [0.15, 0.2) is 23.7 Å². The van der Waals surface area contributed by atoms with Crippen molar-refractivity contribution in [3.8, 4) is 0 Å². The topological polar surface area (TPSA) is 58.8 Å². The second-order valence-electron chi connectivity index (χ2n) is 4.35. The highest BCUT2D eigenvalue weighted by atomic mass is 19.1. The highest BCUT2D eigenvalue weighted by Crippen LogP contribution is 2.13. The summed E-state index contributed by atoms with van der Waals surface area (Å²) >= 11 is 0. The minimum atomic E-state index is -0.439. The molecule has 6 heteroatoms. The van der Waals surface area contributed by atoms with Gasteiger partial charge in [0.15, 0.2) is 0 Å². The highest BCUT2D eigenvalue weighted by Gasteiger charge is 2.21. The van der Waals surface area contributed by atoms with Gasteiger partial charge in [-0.05, 0) is 12.5 Å². The van der Waals surface area contributed by atoms with Gasteiger partial charge in [0.1, 0.15) is 5.83 Å². The largest absolute Gasteiger partial charge is 0.453 e. The number of amides is 1. The SMILES string of the molecule is C=C(N)/C(F)=C(\C)CN1CCN(C(=O)OC)CC1. The number of methoxy groups -OCH3 is 1. The van der Waals surface area contributed by atoms with Crippen molar-refractivity contribution in [3.05, 3.63) is 23.7 Å². The van der Waals surface area contributed by atoms with Gasteiger partial charge in [-0.15, -0.1) is 0 Å². The molecule has 2 N–H and O–H groups in total. The second kappa shape index (κ2) is 6.39.